The van der Waals surface area contributed by atoms with Gasteiger partial charge in [0.2, 0.25) is 5.60 Å². The molecule has 0 aromatic carbocycles. The van der Waals surface area contributed by atoms with Gasteiger partial charge in [0.15, 0.2) is 0 Å². The number of piperidine rings is 1. The average Bonchev–Trinajstić information content (AvgIpc) is 3.03. The number of fused-ring (bicyclic) bond motifs is 5. The van der Waals surface area contributed by atoms with Gasteiger partial charge in [0, 0.05) is 18.8 Å². The molecule has 4 unspecified atom stereocenters. The SMILES string of the molecule is C[N+]1(C)C2CC(COC(=O)C(O)(c3cccs3)c3cccs3)CC1C1OC12. The molecule has 5 rings (SSSR count). The Bertz CT molecular complexity index is 778. The van der Waals surface area contributed by atoms with E-state index < -0.39 is 11.6 Å². The molecular formula is C20H24NO4S2+. The number of morpholine rings is 1. The van der Waals surface area contributed by atoms with Crippen molar-refractivity contribution in [2.75, 3.05) is 20.7 Å². The van der Waals surface area contributed by atoms with Crippen LogP contribution in [0.5, 0.6) is 0 Å². The number of carbonyl (C=O) groups is 1. The van der Waals surface area contributed by atoms with Crippen LogP contribution in [0.1, 0.15) is 22.6 Å². The zero-order chi connectivity index (χ0) is 18.8. The first-order valence-electron chi connectivity index (χ1n) is 9.38. The minimum Gasteiger partial charge on any atom is -0.463 e. The molecular weight excluding hydrogens is 382 g/mol. The van der Waals surface area contributed by atoms with Gasteiger partial charge in [-0.1, -0.05) is 12.1 Å². The number of hydrogen-bond acceptors (Lipinski definition) is 6. The van der Waals surface area contributed by atoms with Crippen molar-refractivity contribution in [1.82, 2.24) is 0 Å². The topological polar surface area (TPSA) is 59.1 Å². The van der Waals surface area contributed by atoms with Crippen molar-refractivity contribution in [3.05, 3.63) is 44.8 Å². The minimum absolute atomic E-state index is 0.336. The second kappa shape index (κ2) is 6.12. The van der Waals surface area contributed by atoms with Crippen LogP contribution in [-0.4, -0.2) is 60.6 Å². The maximum absolute atomic E-state index is 13.0. The fourth-order valence-electron chi connectivity index (χ4n) is 5.08. The number of hydrogen-bond donors (Lipinski definition) is 1. The van der Waals surface area contributed by atoms with Crippen molar-refractivity contribution >= 4 is 28.6 Å². The van der Waals surface area contributed by atoms with E-state index in [1.54, 1.807) is 12.1 Å². The maximum Gasteiger partial charge on any atom is 0.349 e. The van der Waals surface area contributed by atoms with Gasteiger partial charge >= 0.3 is 5.97 Å². The molecule has 0 aliphatic carbocycles. The van der Waals surface area contributed by atoms with E-state index in [4.69, 9.17) is 9.47 Å². The molecule has 5 heterocycles. The molecule has 27 heavy (non-hydrogen) atoms. The lowest BCUT2D eigenvalue weighted by Crippen LogP contribution is -2.58. The summed E-state index contributed by atoms with van der Waals surface area (Å²) in [6.45, 7) is 0.365. The third-order valence-electron chi connectivity index (χ3n) is 6.68. The predicted octanol–water partition coefficient (Wildman–Crippen LogP) is 2.59. The number of ether oxygens (including phenoxy) is 2. The molecule has 2 aromatic heterocycles. The summed E-state index contributed by atoms with van der Waals surface area (Å²) in [5.74, 6) is -0.233. The molecule has 3 saturated heterocycles. The fourth-order valence-corrected chi connectivity index (χ4v) is 6.79. The van der Waals surface area contributed by atoms with Gasteiger partial charge in [0.05, 0.1) is 30.5 Å². The Hall–Kier alpha value is -1.25. The molecule has 3 aliphatic rings. The van der Waals surface area contributed by atoms with Crippen molar-refractivity contribution < 1.29 is 23.9 Å². The Labute approximate surface area is 166 Å². The number of quaternary nitrogens is 1. The van der Waals surface area contributed by atoms with E-state index in [2.05, 4.69) is 14.1 Å². The third kappa shape index (κ3) is 2.63. The molecule has 0 saturated carbocycles. The summed E-state index contributed by atoms with van der Waals surface area (Å²) in [6.07, 6.45) is 2.79. The molecule has 5 nitrogen and oxygen atoms in total. The third-order valence-corrected chi connectivity index (χ3v) is 8.64. The molecule has 144 valence electrons. The normalized spacial score (nSPS) is 33.5. The highest BCUT2D eigenvalue weighted by atomic mass is 32.1. The molecule has 4 atom stereocenters. The standard InChI is InChI=1S/C20H24NO4S2/c1-21(2)13-9-12(10-14(21)18-17(13)25-18)11-24-19(22)20(23,15-5-3-7-26-15)16-6-4-8-27-16/h3-8,12-14,17-18,23H,9-11H2,1-2H3/q+1. The highest BCUT2D eigenvalue weighted by Gasteiger charge is 2.70. The highest BCUT2D eigenvalue weighted by molar-refractivity contribution is 7.12. The van der Waals surface area contributed by atoms with Crippen molar-refractivity contribution in [3.63, 3.8) is 0 Å². The molecule has 0 amide bonds. The van der Waals surface area contributed by atoms with E-state index in [-0.39, 0.29) is 0 Å². The van der Waals surface area contributed by atoms with Crippen molar-refractivity contribution in [1.29, 1.82) is 0 Å². The maximum atomic E-state index is 13.0. The van der Waals surface area contributed by atoms with Crippen molar-refractivity contribution in [2.45, 2.75) is 42.7 Å². The van der Waals surface area contributed by atoms with Crippen LogP contribution in [0, 0.1) is 5.92 Å². The van der Waals surface area contributed by atoms with Crippen molar-refractivity contribution in [3.8, 4) is 0 Å². The van der Waals surface area contributed by atoms with Crippen LogP contribution >= 0.6 is 22.7 Å². The van der Waals surface area contributed by atoms with E-state index >= 15 is 0 Å². The molecule has 1 N–H and O–H groups in total. The summed E-state index contributed by atoms with van der Waals surface area (Å²) >= 11 is 2.74. The van der Waals surface area contributed by atoms with Gasteiger partial charge in [-0.3, -0.25) is 0 Å². The molecule has 2 aromatic rings. The Morgan fingerprint density at radius 2 is 1.74 bits per heavy atom. The van der Waals surface area contributed by atoms with Crippen LogP contribution < -0.4 is 0 Å². The molecule has 3 aliphatic heterocycles. The molecule has 3 fully saturated rings. The molecule has 2 bridgehead atoms. The zero-order valence-electron chi connectivity index (χ0n) is 15.4. The average molecular weight is 407 g/mol. The summed E-state index contributed by atoms with van der Waals surface area (Å²) in [7, 11) is 4.58. The molecule has 0 spiro atoms. The minimum atomic E-state index is -1.71. The molecule has 7 heteroatoms. The van der Waals surface area contributed by atoms with E-state index in [0.29, 0.717) is 46.6 Å². The largest absolute Gasteiger partial charge is 0.463 e. The smallest absolute Gasteiger partial charge is 0.349 e. The summed E-state index contributed by atoms with van der Waals surface area (Å²) in [5, 5.41) is 15.0. The second-order valence-corrected chi connectivity index (χ2v) is 10.3. The lowest BCUT2D eigenvalue weighted by molar-refractivity contribution is -0.938. The van der Waals surface area contributed by atoms with Crippen LogP contribution in [0.15, 0.2) is 35.0 Å². The van der Waals surface area contributed by atoms with Crippen LogP contribution in [0.2, 0.25) is 0 Å². The Kier molecular flexibility index (Phi) is 4.04. The summed E-state index contributed by atoms with van der Waals surface area (Å²) in [4.78, 5) is 14.2. The number of carbonyl (C=O) groups excluding carboxylic acids is 1. The van der Waals surface area contributed by atoms with E-state index in [1.165, 1.54) is 22.7 Å². The van der Waals surface area contributed by atoms with Crippen LogP contribution in [0.4, 0.5) is 0 Å². The van der Waals surface area contributed by atoms with Gasteiger partial charge in [0.25, 0.3) is 0 Å². The van der Waals surface area contributed by atoms with Crippen LogP contribution in [-0.2, 0) is 19.9 Å². The predicted molar refractivity (Wildman–Crippen MR) is 104 cm³/mol. The number of thiophene rings is 2. The highest BCUT2D eigenvalue weighted by Crippen LogP contribution is 2.52. The summed E-state index contributed by atoms with van der Waals surface area (Å²) in [5.41, 5.74) is -1.71. The van der Waals surface area contributed by atoms with Gasteiger partial charge in [-0.25, -0.2) is 4.79 Å². The quantitative estimate of drug-likeness (QED) is 0.471. The first kappa shape index (κ1) is 17.8. The Morgan fingerprint density at radius 3 is 2.22 bits per heavy atom. The fraction of sp³-hybridized carbons (Fsp3) is 0.550. The number of esters is 1. The summed E-state index contributed by atoms with van der Waals surface area (Å²) in [6, 6.07) is 8.25. The van der Waals surface area contributed by atoms with E-state index in [1.807, 2.05) is 22.9 Å². The number of epoxide rings is 1. The van der Waals surface area contributed by atoms with Gasteiger partial charge in [-0.05, 0) is 22.9 Å². The van der Waals surface area contributed by atoms with Gasteiger partial charge < -0.3 is 19.1 Å². The van der Waals surface area contributed by atoms with Gasteiger partial charge in [-0.2, -0.15) is 0 Å². The Morgan fingerprint density at radius 1 is 1.19 bits per heavy atom. The van der Waals surface area contributed by atoms with Gasteiger partial charge in [-0.15, -0.1) is 22.7 Å². The Balaban J connectivity index is 1.30. The molecule has 0 radical (unpaired) electrons. The number of nitrogens with zero attached hydrogens (tertiary/aromatic N) is 1. The van der Waals surface area contributed by atoms with Crippen LogP contribution in [0.25, 0.3) is 0 Å². The first-order valence-corrected chi connectivity index (χ1v) is 11.1. The lowest BCUT2D eigenvalue weighted by Gasteiger charge is -2.45. The van der Waals surface area contributed by atoms with Gasteiger partial charge in [0.1, 0.15) is 24.3 Å². The van der Waals surface area contributed by atoms with E-state index in [9.17, 15) is 9.90 Å². The van der Waals surface area contributed by atoms with E-state index in [0.717, 1.165) is 17.3 Å². The van der Waals surface area contributed by atoms with Crippen molar-refractivity contribution in [2.24, 2.45) is 5.92 Å². The second-order valence-electron chi connectivity index (χ2n) is 8.43. The number of rotatable bonds is 5. The summed E-state index contributed by atoms with van der Waals surface area (Å²) < 4.78 is 12.6. The lowest BCUT2D eigenvalue weighted by atomic mass is 9.89. The monoisotopic (exact) mass is 406 g/mol. The number of likely N-dealkylation sites (N-methyl/N-ethyl adjacent to an activating group) is 1. The zero-order valence-corrected chi connectivity index (χ0v) is 17.0. The van der Waals surface area contributed by atoms with Crippen LogP contribution in [0.3, 0.4) is 0 Å². The first-order chi connectivity index (χ1) is 12.9. The number of aliphatic hydroxyl groups is 1.